The number of halogens is 2. The predicted octanol–water partition coefficient (Wildman–Crippen LogP) is 3.05. The Hall–Kier alpha value is -0.610. The number of rotatable bonds is 0. The van der Waals surface area contributed by atoms with E-state index in [1.54, 1.807) is 6.07 Å². The van der Waals surface area contributed by atoms with E-state index < -0.39 is 0 Å². The summed E-state index contributed by atoms with van der Waals surface area (Å²) < 4.78 is 1.55. The highest BCUT2D eigenvalue weighted by molar-refractivity contribution is 9.10. The fraction of sp³-hybridized carbons (Fsp3) is 0. The van der Waals surface area contributed by atoms with Crippen LogP contribution in [0.3, 0.4) is 0 Å². The summed E-state index contributed by atoms with van der Waals surface area (Å²) in [7, 11) is 0. The monoisotopic (exact) mass is 301 g/mol. The number of aromatic nitrogens is 1. The number of pyridine rings is 1. The number of benzene rings is 1. The van der Waals surface area contributed by atoms with Gasteiger partial charge >= 0.3 is 0 Å². The smallest absolute Gasteiger partial charge is 0.262 e. The minimum absolute atomic E-state index is 0.102. The summed E-state index contributed by atoms with van der Waals surface area (Å²) in [6, 6.07) is 7.52. The van der Waals surface area contributed by atoms with Gasteiger partial charge in [0.05, 0.1) is 4.47 Å². The van der Waals surface area contributed by atoms with E-state index in [1.807, 2.05) is 18.2 Å². The van der Waals surface area contributed by atoms with Crippen LogP contribution in [-0.2, 0) is 0 Å². The topological polar surface area (TPSA) is 32.9 Å². The molecule has 0 saturated carbocycles. The van der Waals surface area contributed by atoms with Crippen LogP contribution in [0.15, 0.2) is 38.0 Å². The van der Waals surface area contributed by atoms with Gasteiger partial charge in [0.1, 0.15) is 0 Å². The fourth-order valence-electron chi connectivity index (χ4n) is 1.15. The second kappa shape index (κ2) is 3.27. The molecule has 0 aliphatic rings. The SMILES string of the molecule is O=c1[nH]c2ccc(Br)cc2cc1Br. The lowest BCUT2D eigenvalue weighted by Gasteiger charge is -1.98. The molecule has 0 atom stereocenters. The van der Waals surface area contributed by atoms with E-state index in [9.17, 15) is 4.79 Å². The summed E-state index contributed by atoms with van der Waals surface area (Å²) in [5.41, 5.74) is 0.742. The van der Waals surface area contributed by atoms with E-state index in [0.717, 1.165) is 15.4 Å². The van der Waals surface area contributed by atoms with Crippen molar-refractivity contribution < 1.29 is 0 Å². The Labute approximate surface area is 91.2 Å². The highest BCUT2D eigenvalue weighted by Crippen LogP contribution is 2.18. The summed E-state index contributed by atoms with van der Waals surface area (Å²) in [6.07, 6.45) is 0. The highest BCUT2D eigenvalue weighted by Gasteiger charge is 1.99. The van der Waals surface area contributed by atoms with Gasteiger partial charge in [0, 0.05) is 15.4 Å². The molecule has 4 heteroatoms. The Balaban J connectivity index is 2.89. The molecule has 13 heavy (non-hydrogen) atoms. The third-order valence-electron chi connectivity index (χ3n) is 1.76. The third kappa shape index (κ3) is 1.69. The minimum atomic E-state index is -0.102. The molecule has 0 saturated heterocycles. The molecule has 0 amide bonds. The first-order chi connectivity index (χ1) is 6.16. The van der Waals surface area contributed by atoms with Crippen molar-refractivity contribution in [3.8, 4) is 0 Å². The van der Waals surface area contributed by atoms with Crippen molar-refractivity contribution in [1.82, 2.24) is 4.98 Å². The van der Waals surface area contributed by atoms with Crippen LogP contribution >= 0.6 is 31.9 Å². The Kier molecular flexibility index (Phi) is 2.26. The van der Waals surface area contributed by atoms with E-state index >= 15 is 0 Å². The van der Waals surface area contributed by atoms with Gasteiger partial charge in [0.2, 0.25) is 0 Å². The van der Waals surface area contributed by atoms with Gasteiger partial charge in [-0.15, -0.1) is 0 Å². The van der Waals surface area contributed by atoms with Gasteiger partial charge in [-0.1, -0.05) is 15.9 Å². The molecule has 0 fully saturated rings. The molecule has 2 nitrogen and oxygen atoms in total. The van der Waals surface area contributed by atoms with Crippen molar-refractivity contribution in [3.05, 3.63) is 43.6 Å². The minimum Gasteiger partial charge on any atom is -0.321 e. The van der Waals surface area contributed by atoms with Crippen molar-refractivity contribution in [1.29, 1.82) is 0 Å². The Morgan fingerprint density at radius 1 is 1.15 bits per heavy atom. The molecular formula is C9H5Br2NO. The van der Waals surface area contributed by atoms with Crippen LogP contribution in [0.25, 0.3) is 10.9 Å². The van der Waals surface area contributed by atoms with Gasteiger partial charge in [-0.05, 0) is 40.2 Å². The predicted molar refractivity (Wildman–Crippen MR) is 60.0 cm³/mol. The average Bonchev–Trinajstić information content (AvgIpc) is 2.08. The largest absolute Gasteiger partial charge is 0.321 e. The molecule has 1 aromatic carbocycles. The van der Waals surface area contributed by atoms with Crippen LogP contribution in [0.4, 0.5) is 0 Å². The normalized spacial score (nSPS) is 10.6. The lowest BCUT2D eigenvalue weighted by atomic mass is 10.2. The van der Waals surface area contributed by atoms with E-state index in [2.05, 4.69) is 36.8 Å². The Morgan fingerprint density at radius 3 is 2.69 bits per heavy atom. The maximum atomic E-state index is 11.2. The Bertz CT molecular complexity index is 518. The molecule has 0 aliphatic carbocycles. The number of nitrogens with one attached hydrogen (secondary N) is 1. The van der Waals surface area contributed by atoms with Crippen molar-refractivity contribution in [2.45, 2.75) is 0 Å². The van der Waals surface area contributed by atoms with Crippen molar-refractivity contribution in [2.24, 2.45) is 0 Å². The highest BCUT2D eigenvalue weighted by atomic mass is 79.9. The number of hydrogen-bond acceptors (Lipinski definition) is 1. The summed E-state index contributed by atoms with van der Waals surface area (Å²) in [6.45, 7) is 0. The molecule has 2 aromatic rings. The van der Waals surface area contributed by atoms with Crippen molar-refractivity contribution >= 4 is 42.8 Å². The summed E-state index contributed by atoms with van der Waals surface area (Å²) in [5, 5.41) is 1.00. The van der Waals surface area contributed by atoms with Crippen LogP contribution in [0.2, 0.25) is 0 Å². The van der Waals surface area contributed by atoms with E-state index in [0.29, 0.717) is 4.47 Å². The molecule has 2 rings (SSSR count). The molecule has 66 valence electrons. The maximum absolute atomic E-state index is 11.2. The first-order valence-electron chi connectivity index (χ1n) is 3.65. The van der Waals surface area contributed by atoms with Crippen LogP contribution in [0.5, 0.6) is 0 Å². The van der Waals surface area contributed by atoms with E-state index in [4.69, 9.17) is 0 Å². The van der Waals surface area contributed by atoms with E-state index in [1.165, 1.54) is 0 Å². The first-order valence-corrected chi connectivity index (χ1v) is 5.23. The second-order valence-electron chi connectivity index (χ2n) is 2.68. The summed E-state index contributed by atoms with van der Waals surface area (Å²) in [4.78, 5) is 14.0. The first kappa shape index (κ1) is 8.97. The zero-order valence-electron chi connectivity index (χ0n) is 6.47. The lowest BCUT2D eigenvalue weighted by Crippen LogP contribution is -2.05. The number of H-pyrrole nitrogens is 1. The number of fused-ring (bicyclic) bond motifs is 1. The Morgan fingerprint density at radius 2 is 1.92 bits per heavy atom. The number of hydrogen-bond donors (Lipinski definition) is 1. The molecule has 1 heterocycles. The van der Waals surface area contributed by atoms with Gasteiger partial charge in [0.15, 0.2) is 0 Å². The zero-order chi connectivity index (χ0) is 9.42. The molecule has 0 unspecified atom stereocenters. The third-order valence-corrected chi connectivity index (χ3v) is 2.84. The number of aromatic amines is 1. The molecule has 0 bridgehead atoms. The van der Waals surface area contributed by atoms with Crippen LogP contribution in [0.1, 0.15) is 0 Å². The van der Waals surface area contributed by atoms with Crippen LogP contribution in [-0.4, -0.2) is 4.98 Å². The molecule has 0 aliphatic heterocycles. The lowest BCUT2D eigenvalue weighted by molar-refractivity contribution is 1.28. The zero-order valence-corrected chi connectivity index (χ0v) is 9.65. The molecule has 1 aromatic heterocycles. The van der Waals surface area contributed by atoms with Crippen molar-refractivity contribution in [3.63, 3.8) is 0 Å². The molecular weight excluding hydrogens is 298 g/mol. The van der Waals surface area contributed by atoms with Crippen LogP contribution < -0.4 is 5.56 Å². The second-order valence-corrected chi connectivity index (χ2v) is 4.45. The summed E-state index contributed by atoms with van der Waals surface area (Å²) in [5.74, 6) is 0. The van der Waals surface area contributed by atoms with Gasteiger partial charge < -0.3 is 4.98 Å². The van der Waals surface area contributed by atoms with Gasteiger partial charge in [0.25, 0.3) is 5.56 Å². The van der Waals surface area contributed by atoms with Crippen molar-refractivity contribution in [2.75, 3.05) is 0 Å². The van der Waals surface area contributed by atoms with Gasteiger partial charge in [-0.2, -0.15) is 0 Å². The standard InChI is InChI=1S/C9H5Br2NO/c10-6-1-2-8-5(3-6)4-7(11)9(13)12-8/h1-4H,(H,12,13). The molecule has 0 spiro atoms. The molecule has 0 radical (unpaired) electrons. The quantitative estimate of drug-likeness (QED) is 0.797. The molecule has 1 N–H and O–H groups in total. The van der Waals surface area contributed by atoms with Gasteiger partial charge in [-0.25, -0.2) is 0 Å². The summed E-state index contributed by atoms with van der Waals surface area (Å²) >= 11 is 6.55. The maximum Gasteiger partial charge on any atom is 0.262 e. The fourth-order valence-corrected chi connectivity index (χ4v) is 1.88. The van der Waals surface area contributed by atoms with Gasteiger partial charge in [-0.3, -0.25) is 4.79 Å². The average molecular weight is 303 g/mol. The van der Waals surface area contributed by atoms with Crippen LogP contribution in [0, 0.1) is 0 Å². The van der Waals surface area contributed by atoms with E-state index in [-0.39, 0.29) is 5.56 Å².